The van der Waals surface area contributed by atoms with Crippen LogP contribution >= 0.6 is 0 Å². The maximum absolute atomic E-state index is 12.8. The van der Waals surface area contributed by atoms with E-state index in [2.05, 4.69) is 67.8 Å². The number of nitrogens with zero attached hydrogens (tertiary/aromatic N) is 5. The van der Waals surface area contributed by atoms with Crippen LogP contribution in [0.3, 0.4) is 0 Å². The molecule has 2 heterocycles. The van der Waals surface area contributed by atoms with Crippen LogP contribution in [0.25, 0.3) is 33.5 Å². The van der Waals surface area contributed by atoms with Crippen molar-refractivity contribution in [1.29, 1.82) is 0 Å². The van der Waals surface area contributed by atoms with E-state index in [1.807, 2.05) is 36.4 Å². The summed E-state index contributed by atoms with van der Waals surface area (Å²) < 4.78 is 27.8. The summed E-state index contributed by atoms with van der Waals surface area (Å²) in [4.78, 5) is 5.19. The van der Waals surface area contributed by atoms with Crippen LogP contribution in [-0.4, -0.2) is 44.5 Å². The monoisotopic (exact) mass is 563 g/mol. The van der Waals surface area contributed by atoms with Crippen molar-refractivity contribution in [3.05, 3.63) is 108 Å². The maximum Gasteiger partial charge on any atom is 0.205 e. The Morgan fingerprint density at radius 1 is 0.878 bits per heavy atom. The molecular formula is C31H29N7O2S. The molecule has 0 amide bonds. The third-order valence-corrected chi connectivity index (χ3v) is 8.50. The highest BCUT2D eigenvalue weighted by atomic mass is 32.2. The Morgan fingerprint density at radius 3 is 2.37 bits per heavy atom. The molecule has 9 nitrogen and oxygen atoms in total. The third kappa shape index (κ3) is 5.59. The number of anilines is 1. The number of nitrogens with one attached hydrogen (secondary N) is 2. The number of rotatable bonds is 10. The summed E-state index contributed by atoms with van der Waals surface area (Å²) in [6.07, 6.45) is 1.81. The first-order valence-electron chi connectivity index (χ1n) is 13.4. The number of H-pyrrole nitrogens is 1. The summed E-state index contributed by atoms with van der Waals surface area (Å²) in [5.74, 6) is 1.37. The average Bonchev–Trinajstić information content (AvgIpc) is 3.66. The van der Waals surface area contributed by atoms with E-state index < -0.39 is 9.84 Å². The van der Waals surface area contributed by atoms with Crippen molar-refractivity contribution in [2.45, 2.75) is 31.2 Å². The van der Waals surface area contributed by atoms with E-state index in [1.54, 1.807) is 30.3 Å². The third-order valence-electron chi connectivity index (χ3n) is 6.99. The molecule has 41 heavy (non-hydrogen) atoms. The van der Waals surface area contributed by atoms with E-state index >= 15 is 0 Å². The van der Waals surface area contributed by atoms with Crippen molar-refractivity contribution in [3.63, 3.8) is 0 Å². The number of tetrazole rings is 1. The van der Waals surface area contributed by atoms with E-state index in [1.165, 1.54) is 0 Å². The number of sulfone groups is 1. The van der Waals surface area contributed by atoms with E-state index in [0.29, 0.717) is 17.3 Å². The number of hydrogen-bond donors (Lipinski definition) is 2. The number of fused-ring (bicyclic) bond motifs is 1. The number of imidazole rings is 1. The highest BCUT2D eigenvalue weighted by molar-refractivity contribution is 7.91. The molecule has 0 aliphatic carbocycles. The van der Waals surface area contributed by atoms with Crippen LogP contribution in [0, 0.1) is 0 Å². The van der Waals surface area contributed by atoms with Gasteiger partial charge in [0.15, 0.2) is 9.84 Å². The Bertz CT molecular complexity index is 1880. The van der Waals surface area contributed by atoms with Gasteiger partial charge in [-0.25, -0.2) is 13.4 Å². The summed E-state index contributed by atoms with van der Waals surface area (Å²) in [5, 5.41) is 17.6. The van der Waals surface area contributed by atoms with Gasteiger partial charge in [-0.05, 0) is 58.7 Å². The first-order chi connectivity index (χ1) is 20.0. The van der Waals surface area contributed by atoms with Crippen LogP contribution < -0.4 is 5.32 Å². The SMILES string of the molecule is CCCc1nc2ccc(NCS(=O)(=O)c3ccccc3)cc2n1Cc1ccc(-c2ccccc2-c2nn[nH]n2)cc1. The first-order valence-corrected chi connectivity index (χ1v) is 15.1. The van der Waals surface area contributed by atoms with Gasteiger partial charge < -0.3 is 9.88 Å². The standard InChI is InChI=1S/C31H29N7O2S/c1-2-8-30-33-28-18-17-24(32-21-41(39,40)25-9-4-3-5-10-25)19-29(28)38(30)20-22-13-15-23(16-14-22)26-11-6-7-12-27(26)31-34-36-37-35-31/h3-7,9-19,32H,2,8,20-21H2,1H3,(H,34,35,36,37). The van der Waals surface area contributed by atoms with Crippen LogP contribution in [-0.2, 0) is 22.8 Å². The lowest BCUT2D eigenvalue weighted by Crippen LogP contribution is -2.14. The lowest BCUT2D eigenvalue weighted by atomic mass is 9.98. The highest BCUT2D eigenvalue weighted by Gasteiger charge is 2.16. The Hall–Kier alpha value is -4.83. The largest absolute Gasteiger partial charge is 0.371 e. The van der Waals surface area contributed by atoms with Gasteiger partial charge in [0.1, 0.15) is 11.7 Å². The Morgan fingerprint density at radius 2 is 1.63 bits per heavy atom. The molecule has 0 fully saturated rings. The molecule has 0 spiro atoms. The molecule has 206 valence electrons. The van der Waals surface area contributed by atoms with Crippen molar-refractivity contribution in [2.24, 2.45) is 0 Å². The van der Waals surface area contributed by atoms with Crippen LogP contribution in [0.1, 0.15) is 24.7 Å². The van der Waals surface area contributed by atoms with Crippen LogP contribution in [0.2, 0.25) is 0 Å². The Balaban J connectivity index is 1.27. The minimum absolute atomic E-state index is 0.189. The average molecular weight is 564 g/mol. The van der Waals surface area contributed by atoms with Gasteiger partial charge in [-0.2, -0.15) is 5.21 Å². The lowest BCUT2D eigenvalue weighted by molar-refractivity contribution is 0.598. The second-order valence-corrected chi connectivity index (χ2v) is 11.8. The number of aromatic amines is 1. The quantitative estimate of drug-likeness (QED) is 0.219. The second kappa shape index (κ2) is 11.3. The maximum atomic E-state index is 12.8. The molecule has 0 aliphatic rings. The molecule has 0 bridgehead atoms. The molecule has 0 atom stereocenters. The smallest absolute Gasteiger partial charge is 0.205 e. The summed E-state index contributed by atoms with van der Waals surface area (Å²) in [6.45, 7) is 2.78. The topological polar surface area (TPSA) is 118 Å². The van der Waals surface area contributed by atoms with Gasteiger partial charge >= 0.3 is 0 Å². The zero-order valence-corrected chi connectivity index (χ0v) is 23.3. The number of aromatic nitrogens is 6. The summed E-state index contributed by atoms with van der Waals surface area (Å²) in [5.41, 5.74) is 6.71. The van der Waals surface area contributed by atoms with Gasteiger partial charge in [0.05, 0.1) is 15.9 Å². The lowest BCUT2D eigenvalue weighted by Gasteiger charge is -2.12. The van der Waals surface area contributed by atoms with Crippen molar-refractivity contribution in [2.75, 3.05) is 11.2 Å². The molecular weight excluding hydrogens is 534 g/mol. The van der Waals surface area contributed by atoms with Crippen molar-refractivity contribution >= 4 is 26.6 Å². The number of aryl methyl sites for hydroxylation is 1. The Labute approximate surface area is 238 Å². The van der Waals surface area contributed by atoms with E-state index in [9.17, 15) is 8.42 Å². The minimum atomic E-state index is -3.46. The molecule has 4 aromatic carbocycles. The molecule has 0 radical (unpaired) electrons. The zero-order valence-electron chi connectivity index (χ0n) is 22.5. The molecule has 0 saturated heterocycles. The van der Waals surface area contributed by atoms with Crippen molar-refractivity contribution < 1.29 is 8.42 Å². The molecule has 0 saturated carbocycles. The van der Waals surface area contributed by atoms with E-state index in [4.69, 9.17) is 4.98 Å². The normalized spacial score (nSPS) is 11.6. The predicted molar refractivity (Wildman–Crippen MR) is 160 cm³/mol. The molecule has 2 aromatic heterocycles. The fraction of sp³-hybridized carbons (Fsp3) is 0.161. The number of hydrogen-bond acceptors (Lipinski definition) is 7. The fourth-order valence-electron chi connectivity index (χ4n) is 4.94. The summed E-state index contributed by atoms with van der Waals surface area (Å²) in [6, 6.07) is 30.7. The van der Waals surface area contributed by atoms with Gasteiger partial charge in [-0.15, -0.1) is 10.2 Å². The molecule has 0 aliphatic heterocycles. The minimum Gasteiger partial charge on any atom is -0.371 e. The summed E-state index contributed by atoms with van der Waals surface area (Å²) in [7, 11) is -3.46. The predicted octanol–water partition coefficient (Wildman–Crippen LogP) is 5.73. The zero-order chi connectivity index (χ0) is 28.2. The van der Waals surface area contributed by atoms with Crippen LogP contribution in [0.5, 0.6) is 0 Å². The van der Waals surface area contributed by atoms with Crippen LogP contribution in [0.15, 0.2) is 102 Å². The van der Waals surface area contributed by atoms with Gasteiger partial charge in [-0.1, -0.05) is 73.7 Å². The first kappa shape index (κ1) is 26.4. The van der Waals surface area contributed by atoms with E-state index in [0.717, 1.165) is 57.6 Å². The molecule has 10 heteroatoms. The van der Waals surface area contributed by atoms with Gasteiger partial charge in [-0.3, -0.25) is 0 Å². The van der Waals surface area contributed by atoms with Gasteiger partial charge in [0.25, 0.3) is 0 Å². The Kier molecular flexibility index (Phi) is 7.30. The van der Waals surface area contributed by atoms with E-state index in [-0.39, 0.29) is 5.88 Å². The van der Waals surface area contributed by atoms with Crippen LogP contribution in [0.4, 0.5) is 5.69 Å². The molecule has 2 N–H and O–H groups in total. The number of benzene rings is 4. The summed E-state index contributed by atoms with van der Waals surface area (Å²) >= 11 is 0. The highest BCUT2D eigenvalue weighted by Crippen LogP contribution is 2.30. The van der Waals surface area contributed by atoms with Gasteiger partial charge in [0.2, 0.25) is 5.82 Å². The second-order valence-electron chi connectivity index (χ2n) is 9.79. The fourth-order valence-corrected chi connectivity index (χ4v) is 6.04. The molecule has 6 rings (SSSR count). The molecule has 0 unspecified atom stereocenters. The molecule has 6 aromatic rings. The van der Waals surface area contributed by atoms with Crippen molar-refractivity contribution in [1.82, 2.24) is 30.2 Å². The van der Waals surface area contributed by atoms with Crippen molar-refractivity contribution in [3.8, 4) is 22.5 Å². The van der Waals surface area contributed by atoms with Gasteiger partial charge in [0, 0.05) is 24.2 Å².